The molecular weight excluding hydrogens is 314 g/mol. The number of carbonyl (C=O) groups is 1. The first-order valence-electron chi connectivity index (χ1n) is 8.99. The quantitative estimate of drug-likeness (QED) is 0.800. The molecule has 1 N–H and O–H groups in total. The second-order valence-corrected chi connectivity index (χ2v) is 7.19. The van der Waals surface area contributed by atoms with Crippen LogP contribution >= 0.6 is 0 Å². The van der Waals surface area contributed by atoms with Crippen molar-refractivity contribution in [3.63, 3.8) is 0 Å². The number of carbonyl (C=O) groups excluding carboxylic acids is 1. The van der Waals surface area contributed by atoms with Gasteiger partial charge in [0.15, 0.2) is 0 Å². The highest BCUT2D eigenvalue weighted by Crippen LogP contribution is 2.39. The van der Waals surface area contributed by atoms with Gasteiger partial charge in [-0.25, -0.2) is 4.98 Å². The molecule has 25 heavy (non-hydrogen) atoms. The summed E-state index contributed by atoms with van der Waals surface area (Å²) in [6, 6.07) is 10.4. The number of benzene rings is 1. The molecule has 2 aromatic heterocycles. The van der Waals surface area contributed by atoms with Crippen molar-refractivity contribution < 1.29 is 4.79 Å². The maximum absolute atomic E-state index is 12.8. The van der Waals surface area contributed by atoms with Gasteiger partial charge in [-0.3, -0.25) is 9.89 Å². The molecule has 0 bridgehead atoms. The van der Waals surface area contributed by atoms with Crippen molar-refractivity contribution in [1.29, 1.82) is 0 Å². The SMILES string of the molecule is Cc1nc2ccccc2n1C1CCN(C(=O)c2cc(C3CC3)[nH]n2)C1. The van der Waals surface area contributed by atoms with Crippen LogP contribution < -0.4 is 0 Å². The van der Waals surface area contributed by atoms with Gasteiger partial charge >= 0.3 is 0 Å². The highest BCUT2D eigenvalue weighted by Gasteiger charge is 2.32. The minimum Gasteiger partial charge on any atom is -0.335 e. The molecule has 5 rings (SSSR count). The molecule has 1 aromatic carbocycles. The molecule has 6 nitrogen and oxygen atoms in total. The van der Waals surface area contributed by atoms with Crippen molar-refractivity contribution in [2.45, 2.75) is 38.1 Å². The van der Waals surface area contributed by atoms with Gasteiger partial charge in [0.1, 0.15) is 11.5 Å². The zero-order chi connectivity index (χ0) is 17.0. The number of likely N-dealkylation sites (tertiary alicyclic amines) is 1. The highest BCUT2D eigenvalue weighted by atomic mass is 16.2. The summed E-state index contributed by atoms with van der Waals surface area (Å²) in [6.07, 6.45) is 3.36. The lowest BCUT2D eigenvalue weighted by molar-refractivity contribution is 0.0782. The van der Waals surface area contributed by atoms with Crippen LogP contribution in [0.25, 0.3) is 11.0 Å². The van der Waals surface area contributed by atoms with E-state index >= 15 is 0 Å². The van der Waals surface area contributed by atoms with E-state index in [-0.39, 0.29) is 11.9 Å². The van der Waals surface area contributed by atoms with E-state index in [0.717, 1.165) is 35.5 Å². The van der Waals surface area contributed by atoms with Crippen molar-refractivity contribution in [2.75, 3.05) is 13.1 Å². The second kappa shape index (κ2) is 5.44. The van der Waals surface area contributed by atoms with Gasteiger partial charge in [-0.15, -0.1) is 0 Å². The van der Waals surface area contributed by atoms with Crippen LogP contribution in [-0.4, -0.2) is 43.6 Å². The number of aryl methyl sites for hydroxylation is 1. The minimum atomic E-state index is 0.0349. The fraction of sp³-hybridized carbons (Fsp3) is 0.421. The van der Waals surface area contributed by atoms with Crippen molar-refractivity contribution in [3.8, 4) is 0 Å². The maximum Gasteiger partial charge on any atom is 0.274 e. The number of imidazole rings is 1. The summed E-state index contributed by atoms with van der Waals surface area (Å²) in [6.45, 7) is 3.52. The number of aromatic amines is 1. The summed E-state index contributed by atoms with van der Waals surface area (Å²) < 4.78 is 2.28. The van der Waals surface area contributed by atoms with E-state index in [1.165, 1.54) is 12.8 Å². The van der Waals surface area contributed by atoms with E-state index in [9.17, 15) is 4.79 Å². The average Bonchev–Trinajstić information content (AvgIpc) is 3.05. The molecule has 1 saturated carbocycles. The molecule has 0 spiro atoms. The van der Waals surface area contributed by atoms with Gasteiger partial charge in [0.2, 0.25) is 0 Å². The second-order valence-electron chi connectivity index (χ2n) is 7.19. The first kappa shape index (κ1) is 14.7. The Bertz CT molecular complexity index is 952. The van der Waals surface area contributed by atoms with Crippen LogP contribution in [0.15, 0.2) is 30.3 Å². The molecule has 2 aliphatic rings. The molecule has 2 fully saturated rings. The number of aromatic nitrogens is 4. The predicted octanol–water partition coefficient (Wildman–Crippen LogP) is 3.03. The van der Waals surface area contributed by atoms with Crippen LogP contribution in [0.5, 0.6) is 0 Å². The van der Waals surface area contributed by atoms with Gasteiger partial charge in [-0.05, 0) is 44.4 Å². The highest BCUT2D eigenvalue weighted by molar-refractivity contribution is 5.92. The Kier molecular flexibility index (Phi) is 3.20. The Morgan fingerprint density at radius 1 is 1.24 bits per heavy atom. The number of rotatable bonds is 3. The van der Waals surface area contributed by atoms with Crippen LogP contribution in [-0.2, 0) is 0 Å². The molecule has 1 amide bonds. The normalized spacial score (nSPS) is 20.5. The Morgan fingerprint density at radius 2 is 2.08 bits per heavy atom. The van der Waals surface area contributed by atoms with E-state index in [1.807, 2.05) is 36.1 Å². The first-order chi connectivity index (χ1) is 12.2. The van der Waals surface area contributed by atoms with E-state index in [0.29, 0.717) is 18.2 Å². The van der Waals surface area contributed by atoms with Gasteiger partial charge in [0.25, 0.3) is 5.91 Å². The van der Waals surface area contributed by atoms with E-state index in [2.05, 4.69) is 25.8 Å². The fourth-order valence-electron chi connectivity index (χ4n) is 3.97. The van der Waals surface area contributed by atoms with Gasteiger partial charge in [0.05, 0.1) is 17.1 Å². The number of nitrogens with zero attached hydrogens (tertiary/aromatic N) is 4. The molecule has 6 heteroatoms. The molecule has 1 unspecified atom stereocenters. The van der Waals surface area contributed by atoms with Crippen LogP contribution in [0.3, 0.4) is 0 Å². The third-order valence-electron chi connectivity index (χ3n) is 5.42. The van der Waals surface area contributed by atoms with Gasteiger partial charge in [-0.2, -0.15) is 5.10 Å². The van der Waals surface area contributed by atoms with Crippen molar-refractivity contribution in [1.82, 2.24) is 24.6 Å². The van der Waals surface area contributed by atoms with Crippen molar-refractivity contribution in [3.05, 3.63) is 47.5 Å². The number of hydrogen-bond acceptors (Lipinski definition) is 3. The Hall–Kier alpha value is -2.63. The number of para-hydroxylation sites is 2. The Balaban J connectivity index is 1.38. The molecular formula is C19H21N5O. The maximum atomic E-state index is 12.8. The monoisotopic (exact) mass is 335 g/mol. The van der Waals surface area contributed by atoms with Crippen LogP contribution in [0, 0.1) is 6.92 Å². The van der Waals surface area contributed by atoms with Crippen LogP contribution in [0.1, 0.15) is 53.2 Å². The van der Waals surface area contributed by atoms with Gasteiger partial charge in [-0.1, -0.05) is 12.1 Å². The lowest BCUT2D eigenvalue weighted by Crippen LogP contribution is -2.29. The van der Waals surface area contributed by atoms with Gasteiger partial charge < -0.3 is 9.47 Å². The van der Waals surface area contributed by atoms with E-state index in [4.69, 9.17) is 0 Å². The number of nitrogens with one attached hydrogen (secondary N) is 1. The molecule has 1 saturated heterocycles. The fourth-order valence-corrected chi connectivity index (χ4v) is 3.97. The smallest absolute Gasteiger partial charge is 0.274 e. The minimum absolute atomic E-state index is 0.0349. The summed E-state index contributed by atoms with van der Waals surface area (Å²) in [5.74, 6) is 1.63. The number of fused-ring (bicyclic) bond motifs is 1. The number of amides is 1. The number of hydrogen-bond donors (Lipinski definition) is 1. The number of H-pyrrole nitrogens is 1. The topological polar surface area (TPSA) is 66.8 Å². The molecule has 1 aliphatic heterocycles. The van der Waals surface area contributed by atoms with E-state index < -0.39 is 0 Å². The van der Waals surface area contributed by atoms with E-state index in [1.54, 1.807) is 0 Å². The third kappa shape index (κ3) is 2.44. The molecule has 128 valence electrons. The zero-order valence-corrected chi connectivity index (χ0v) is 14.3. The largest absolute Gasteiger partial charge is 0.335 e. The lowest BCUT2D eigenvalue weighted by Gasteiger charge is -2.17. The molecule has 1 atom stereocenters. The van der Waals surface area contributed by atoms with Crippen molar-refractivity contribution in [2.24, 2.45) is 0 Å². The summed E-state index contributed by atoms with van der Waals surface area (Å²) >= 11 is 0. The summed E-state index contributed by atoms with van der Waals surface area (Å²) in [7, 11) is 0. The van der Waals surface area contributed by atoms with Gasteiger partial charge in [0, 0.05) is 24.7 Å². The first-order valence-corrected chi connectivity index (χ1v) is 8.99. The molecule has 3 aromatic rings. The molecule has 1 aliphatic carbocycles. The zero-order valence-electron chi connectivity index (χ0n) is 14.3. The standard InChI is InChI=1S/C19H21N5O/c1-12-20-15-4-2-3-5-18(15)24(12)14-8-9-23(11-14)19(25)17-10-16(21-22-17)13-6-7-13/h2-5,10,13-14H,6-9,11H2,1H3,(H,21,22). The Labute approximate surface area is 145 Å². The molecule has 3 heterocycles. The summed E-state index contributed by atoms with van der Waals surface area (Å²) in [5, 5.41) is 7.27. The van der Waals surface area contributed by atoms with Crippen LogP contribution in [0.2, 0.25) is 0 Å². The van der Waals surface area contributed by atoms with Crippen molar-refractivity contribution >= 4 is 16.9 Å². The molecule has 0 radical (unpaired) electrons. The summed E-state index contributed by atoms with van der Waals surface area (Å²) in [5.41, 5.74) is 3.83. The third-order valence-corrected chi connectivity index (χ3v) is 5.42. The average molecular weight is 335 g/mol. The van der Waals surface area contributed by atoms with Crippen LogP contribution in [0.4, 0.5) is 0 Å². The lowest BCUT2D eigenvalue weighted by atomic mass is 10.2. The Morgan fingerprint density at radius 3 is 2.92 bits per heavy atom. The predicted molar refractivity (Wildman–Crippen MR) is 94.6 cm³/mol. The summed E-state index contributed by atoms with van der Waals surface area (Å²) in [4.78, 5) is 19.4.